The fourth-order valence-corrected chi connectivity index (χ4v) is 2.41. The van der Waals surface area contributed by atoms with Gasteiger partial charge in [-0.25, -0.2) is 4.79 Å². The van der Waals surface area contributed by atoms with Crippen LogP contribution in [0.15, 0.2) is 42.5 Å². The number of hydrogen-bond acceptors (Lipinski definition) is 6. The van der Waals surface area contributed by atoms with Crippen LogP contribution in [0.2, 0.25) is 0 Å². The average molecular weight is 318 g/mol. The first-order chi connectivity index (χ1) is 11.0. The standard InChI is InChI=1S/C17H18O6/c1-11(18)21-16(13-7-4-3-5-8-13)17(22-12(2)19)14-9-6-10-15(20)23-14/h3-8,10,14,16-17H,9H2,1-2H3/t14-,16+,17-/m0/s1. The summed E-state index contributed by atoms with van der Waals surface area (Å²) in [4.78, 5) is 34.4. The molecular weight excluding hydrogens is 300 g/mol. The summed E-state index contributed by atoms with van der Waals surface area (Å²) in [6.07, 6.45) is 0.817. The molecule has 0 saturated heterocycles. The SMILES string of the molecule is CC(=O)O[C@@H]([C@@H]1CC=CC(=O)O1)[C@H](OC(C)=O)c1ccccc1. The summed E-state index contributed by atoms with van der Waals surface area (Å²) in [5.41, 5.74) is 0.652. The third kappa shape index (κ3) is 4.67. The lowest BCUT2D eigenvalue weighted by Gasteiger charge is -2.32. The van der Waals surface area contributed by atoms with E-state index in [1.54, 1.807) is 30.3 Å². The zero-order valence-electron chi connectivity index (χ0n) is 12.9. The molecule has 1 heterocycles. The molecule has 0 bridgehead atoms. The summed E-state index contributed by atoms with van der Waals surface area (Å²) in [6, 6.07) is 8.89. The van der Waals surface area contributed by atoms with Crippen LogP contribution in [0.25, 0.3) is 0 Å². The van der Waals surface area contributed by atoms with E-state index in [1.807, 2.05) is 6.07 Å². The molecule has 0 N–H and O–H groups in total. The van der Waals surface area contributed by atoms with Crippen LogP contribution in [0.3, 0.4) is 0 Å². The van der Waals surface area contributed by atoms with E-state index >= 15 is 0 Å². The van der Waals surface area contributed by atoms with Crippen molar-refractivity contribution in [1.82, 2.24) is 0 Å². The van der Waals surface area contributed by atoms with Gasteiger partial charge in [-0.2, -0.15) is 0 Å². The zero-order chi connectivity index (χ0) is 16.8. The second-order valence-corrected chi connectivity index (χ2v) is 5.13. The zero-order valence-corrected chi connectivity index (χ0v) is 12.9. The summed E-state index contributed by atoms with van der Waals surface area (Å²) in [7, 11) is 0. The number of ether oxygens (including phenoxy) is 3. The van der Waals surface area contributed by atoms with Crippen molar-refractivity contribution in [3.8, 4) is 0 Å². The van der Waals surface area contributed by atoms with Crippen molar-refractivity contribution in [2.24, 2.45) is 0 Å². The topological polar surface area (TPSA) is 78.9 Å². The molecule has 6 heteroatoms. The van der Waals surface area contributed by atoms with Gasteiger partial charge in [-0.3, -0.25) is 9.59 Å². The van der Waals surface area contributed by atoms with Crippen LogP contribution in [0, 0.1) is 0 Å². The van der Waals surface area contributed by atoms with Gasteiger partial charge in [0, 0.05) is 26.3 Å². The van der Waals surface area contributed by atoms with Gasteiger partial charge in [0.05, 0.1) is 0 Å². The van der Waals surface area contributed by atoms with Crippen LogP contribution >= 0.6 is 0 Å². The van der Waals surface area contributed by atoms with E-state index in [-0.39, 0.29) is 0 Å². The lowest BCUT2D eigenvalue weighted by molar-refractivity contribution is -0.183. The quantitative estimate of drug-likeness (QED) is 0.611. The molecule has 6 nitrogen and oxygen atoms in total. The number of carbonyl (C=O) groups excluding carboxylic acids is 3. The first-order valence-electron chi connectivity index (χ1n) is 7.24. The van der Waals surface area contributed by atoms with Gasteiger partial charge in [-0.05, 0) is 5.56 Å². The number of cyclic esters (lactones) is 1. The Hall–Kier alpha value is -2.63. The van der Waals surface area contributed by atoms with Crippen LogP contribution in [0.5, 0.6) is 0 Å². The van der Waals surface area contributed by atoms with Crippen molar-refractivity contribution >= 4 is 17.9 Å². The average Bonchev–Trinajstić information content (AvgIpc) is 2.51. The van der Waals surface area contributed by atoms with Gasteiger partial charge in [0.15, 0.2) is 12.2 Å². The molecule has 0 radical (unpaired) electrons. The Labute approximate surface area is 134 Å². The van der Waals surface area contributed by atoms with Crippen LogP contribution < -0.4 is 0 Å². The Morgan fingerprint density at radius 1 is 1.13 bits per heavy atom. The number of carbonyl (C=O) groups is 3. The first-order valence-corrected chi connectivity index (χ1v) is 7.24. The van der Waals surface area contributed by atoms with E-state index in [0.29, 0.717) is 12.0 Å². The highest BCUT2D eigenvalue weighted by molar-refractivity contribution is 5.82. The molecule has 0 unspecified atom stereocenters. The molecule has 122 valence electrons. The normalized spacial score (nSPS) is 19.4. The molecule has 2 rings (SSSR count). The van der Waals surface area contributed by atoms with Crippen molar-refractivity contribution in [1.29, 1.82) is 0 Å². The van der Waals surface area contributed by atoms with E-state index in [1.165, 1.54) is 19.9 Å². The van der Waals surface area contributed by atoms with Crippen molar-refractivity contribution in [2.45, 2.75) is 38.6 Å². The molecule has 1 aliphatic rings. The fourth-order valence-electron chi connectivity index (χ4n) is 2.41. The van der Waals surface area contributed by atoms with Crippen molar-refractivity contribution in [2.75, 3.05) is 0 Å². The van der Waals surface area contributed by atoms with Gasteiger partial charge in [0.2, 0.25) is 0 Å². The summed E-state index contributed by atoms with van der Waals surface area (Å²) >= 11 is 0. The summed E-state index contributed by atoms with van der Waals surface area (Å²) in [5, 5.41) is 0. The van der Waals surface area contributed by atoms with Gasteiger partial charge in [-0.1, -0.05) is 36.4 Å². The molecule has 0 spiro atoms. The molecule has 0 aromatic heterocycles. The minimum atomic E-state index is -0.923. The molecule has 1 aromatic carbocycles. The molecule has 1 aliphatic heterocycles. The third-order valence-electron chi connectivity index (χ3n) is 3.28. The Kier molecular flexibility index (Phi) is 5.51. The van der Waals surface area contributed by atoms with Crippen molar-refractivity contribution in [3.63, 3.8) is 0 Å². The molecule has 0 saturated carbocycles. The molecule has 0 fully saturated rings. The number of rotatable bonds is 5. The maximum atomic E-state index is 11.5. The predicted molar refractivity (Wildman–Crippen MR) is 80.1 cm³/mol. The molecule has 0 amide bonds. The van der Waals surface area contributed by atoms with Crippen LogP contribution in [0.4, 0.5) is 0 Å². The maximum absolute atomic E-state index is 11.5. The fraction of sp³-hybridized carbons (Fsp3) is 0.353. The largest absolute Gasteiger partial charge is 0.455 e. The summed E-state index contributed by atoms with van der Waals surface area (Å²) in [6.45, 7) is 2.52. The Morgan fingerprint density at radius 2 is 1.78 bits per heavy atom. The molecule has 0 aliphatic carbocycles. The van der Waals surface area contributed by atoms with Crippen LogP contribution in [-0.4, -0.2) is 30.1 Å². The van der Waals surface area contributed by atoms with E-state index < -0.39 is 36.2 Å². The van der Waals surface area contributed by atoms with E-state index in [9.17, 15) is 14.4 Å². The highest BCUT2D eigenvalue weighted by Gasteiger charge is 2.38. The second kappa shape index (κ2) is 7.58. The van der Waals surface area contributed by atoms with E-state index in [2.05, 4.69) is 0 Å². The van der Waals surface area contributed by atoms with Crippen molar-refractivity contribution < 1.29 is 28.6 Å². The second-order valence-electron chi connectivity index (χ2n) is 5.13. The molecule has 3 atom stereocenters. The lowest BCUT2D eigenvalue weighted by Crippen LogP contribution is -2.41. The Bertz CT molecular complexity index is 607. The van der Waals surface area contributed by atoms with Gasteiger partial charge >= 0.3 is 17.9 Å². The maximum Gasteiger partial charge on any atom is 0.330 e. The number of benzene rings is 1. The van der Waals surface area contributed by atoms with Gasteiger partial charge in [0.25, 0.3) is 0 Å². The molecule has 1 aromatic rings. The lowest BCUT2D eigenvalue weighted by atomic mass is 9.97. The predicted octanol–water partition coefficient (Wildman–Crippen LogP) is 2.09. The summed E-state index contributed by atoms with van der Waals surface area (Å²) < 4.78 is 15.9. The number of hydrogen-bond donors (Lipinski definition) is 0. The summed E-state index contributed by atoms with van der Waals surface area (Å²) in [5.74, 6) is -1.59. The van der Waals surface area contributed by atoms with E-state index in [4.69, 9.17) is 14.2 Å². The minimum absolute atomic E-state index is 0.369. The van der Waals surface area contributed by atoms with Gasteiger partial charge < -0.3 is 14.2 Å². The minimum Gasteiger partial charge on any atom is -0.455 e. The van der Waals surface area contributed by atoms with Gasteiger partial charge in [-0.15, -0.1) is 0 Å². The Morgan fingerprint density at radius 3 is 2.35 bits per heavy atom. The highest BCUT2D eigenvalue weighted by atomic mass is 16.6. The van der Waals surface area contributed by atoms with E-state index in [0.717, 1.165) is 0 Å². The monoisotopic (exact) mass is 318 g/mol. The first kappa shape index (κ1) is 16.7. The molecular formula is C17H18O6. The third-order valence-corrected chi connectivity index (χ3v) is 3.28. The Balaban J connectivity index is 2.35. The van der Waals surface area contributed by atoms with Crippen LogP contribution in [-0.2, 0) is 28.6 Å². The number of esters is 3. The van der Waals surface area contributed by atoms with Gasteiger partial charge in [0.1, 0.15) is 6.10 Å². The smallest absolute Gasteiger partial charge is 0.330 e. The van der Waals surface area contributed by atoms with Crippen LogP contribution in [0.1, 0.15) is 31.9 Å². The molecule has 23 heavy (non-hydrogen) atoms. The highest BCUT2D eigenvalue weighted by Crippen LogP contribution is 2.30. The van der Waals surface area contributed by atoms with Crippen molar-refractivity contribution in [3.05, 3.63) is 48.0 Å².